The van der Waals surface area contributed by atoms with Gasteiger partial charge in [-0.25, -0.2) is 0 Å². The summed E-state index contributed by atoms with van der Waals surface area (Å²) in [5, 5.41) is 26.9. The Kier molecular flexibility index (Phi) is 4.91. The predicted molar refractivity (Wildman–Crippen MR) is 94.2 cm³/mol. The molecule has 11 heteroatoms. The second-order valence-corrected chi connectivity index (χ2v) is 6.54. The predicted octanol–water partition coefficient (Wildman–Crippen LogP) is 0.661. The van der Waals surface area contributed by atoms with Gasteiger partial charge in [0.05, 0.1) is 0 Å². The molecule has 26 heavy (non-hydrogen) atoms. The van der Waals surface area contributed by atoms with Gasteiger partial charge >= 0.3 is 7.12 Å². The summed E-state index contributed by atoms with van der Waals surface area (Å²) in [6.07, 6.45) is 0. The van der Waals surface area contributed by atoms with E-state index in [9.17, 15) is 19.7 Å². The minimum absolute atomic E-state index is 0.0473. The van der Waals surface area contributed by atoms with Crippen molar-refractivity contribution < 1.29 is 28.9 Å². The molecular weight excluding hydrogens is 361 g/mol. The Morgan fingerprint density at radius 2 is 2.27 bits per heavy atom. The van der Waals surface area contributed by atoms with Crippen molar-refractivity contribution in [3.05, 3.63) is 41.3 Å². The first-order chi connectivity index (χ1) is 12.4. The summed E-state index contributed by atoms with van der Waals surface area (Å²) in [5.74, 6) is -0.249. The number of aryl methyl sites for hydroxylation is 1. The maximum atomic E-state index is 12.6. The van der Waals surface area contributed by atoms with Crippen LogP contribution in [0.2, 0.25) is 0 Å². The highest BCUT2D eigenvalue weighted by atomic mass is 32.2. The molecule has 9 nitrogen and oxygen atoms in total. The zero-order valence-electron chi connectivity index (χ0n) is 13.8. The summed E-state index contributed by atoms with van der Waals surface area (Å²) in [6, 6.07) is 6.38. The molecule has 0 aliphatic carbocycles. The number of fused-ring (bicyclic) bond motifs is 1. The molecule has 2 heterocycles. The number of anilines is 1. The molecule has 0 atom stereocenters. The second-order valence-electron chi connectivity index (χ2n) is 5.37. The lowest BCUT2D eigenvalue weighted by Gasteiger charge is -2.28. The molecule has 1 amide bonds. The number of hydrogen-bond acceptors (Lipinski definition) is 9. The van der Waals surface area contributed by atoms with Crippen LogP contribution in [0.4, 0.5) is 5.82 Å². The Hall–Kier alpha value is -2.92. The van der Waals surface area contributed by atoms with Gasteiger partial charge in [0.2, 0.25) is 0 Å². The number of benzene rings is 1. The normalized spacial score (nSPS) is 13.3. The van der Waals surface area contributed by atoms with E-state index in [1.54, 1.807) is 26.1 Å². The number of hydrogen-bond donors (Lipinski definition) is 3. The van der Waals surface area contributed by atoms with Gasteiger partial charge in [-0.2, -0.15) is 0 Å². The molecule has 0 radical (unpaired) electrons. The molecule has 134 valence electrons. The Morgan fingerprint density at radius 3 is 2.92 bits per heavy atom. The first-order valence-electron chi connectivity index (χ1n) is 7.42. The third kappa shape index (κ3) is 3.26. The summed E-state index contributed by atoms with van der Waals surface area (Å²) in [5.41, 5.74) is 0.329. The van der Waals surface area contributed by atoms with E-state index in [0.717, 1.165) is 0 Å². The average molecular weight is 375 g/mol. The Bertz CT molecular complexity index is 899. The monoisotopic (exact) mass is 375 g/mol. The highest BCUT2D eigenvalue weighted by molar-refractivity contribution is 7.97. The molecule has 0 fully saturated rings. The van der Waals surface area contributed by atoms with Crippen molar-refractivity contribution >= 4 is 48.5 Å². The maximum absolute atomic E-state index is 12.6. The van der Waals surface area contributed by atoms with Crippen LogP contribution in [0.3, 0.4) is 0 Å². The number of carbonyl (C=O) groups is 2. The van der Waals surface area contributed by atoms with E-state index in [1.807, 2.05) is 0 Å². The van der Waals surface area contributed by atoms with Gasteiger partial charge < -0.3 is 28.9 Å². The molecule has 3 N–H and O–H groups in total. The molecule has 1 aromatic carbocycles. The van der Waals surface area contributed by atoms with E-state index < -0.39 is 13.0 Å². The fraction of sp³-hybridized carbons (Fsp3) is 0.133. The Morgan fingerprint density at radius 1 is 1.50 bits per heavy atom. The minimum Gasteiger partial charge on any atom is -0.508 e. The minimum atomic E-state index is -1.57. The fourth-order valence-corrected chi connectivity index (χ4v) is 3.52. The van der Waals surface area contributed by atoms with E-state index in [1.165, 1.54) is 28.4 Å². The van der Waals surface area contributed by atoms with Crippen LogP contribution in [0, 0.1) is 6.92 Å². The number of nitrogens with one attached hydrogen (secondary N) is 1. The SMILES string of the molecule is Cc1cc(NC(=O)C2=C(O)c3c(cccc3B(O)OC=O)SN2C)no1. The smallest absolute Gasteiger partial charge is 0.508 e. The van der Waals surface area contributed by atoms with Crippen LogP contribution in [0.1, 0.15) is 11.3 Å². The van der Waals surface area contributed by atoms with E-state index in [4.69, 9.17) is 4.52 Å². The first-order valence-corrected chi connectivity index (χ1v) is 8.19. The molecular formula is C15H14BN3O6S. The molecule has 0 saturated heterocycles. The van der Waals surface area contributed by atoms with Gasteiger partial charge in [-0.05, 0) is 24.9 Å². The van der Waals surface area contributed by atoms with Gasteiger partial charge in [-0.3, -0.25) is 9.59 Å². The molecule has 0 bridgehead atoms. The lowest BCUT2D eigenvalue weighted by Crippen LogP contribution is -2.38. The van der Waals surface area contributed by atoms with Crippen molar-refractivity contribution in [2.24, 2.45) is 0 Å². The zero-order chi connectivity index (χ0) is 18.8. The summed E-state index contributed by atoms with van der Waals surface area (Å²) < 4.78 is 10.9. The van der Waals surface area contributed by atoms with Crippen LogP contribution >= 0.6 is 11.9 Å². The molecule has 0 unspecified atom stereocenters. The van der Waals surface area contributed by atoms with Crippen molar-refractivity contribution in [1.29, 1.82) is 0 Å². The van der Waals surface area contributed by atoms with Gasteiger partial charge in [-0.1, -0.05) is 17.3 Å². The van der Waals surface area contributed by atoms with Gasteiger partial charge in [0.15, 0.2) is 17.3 Å². The van der Waals surface area contributed by atoms with Crippen molar-refractivity contribution in [3.8, 4) is 0 Å². The third-order valence-corrected chi connectivity index (χ3v) is 4.60. The number of aliphatic hydroxyl groups is 1. The number of amides is 1. The number of aliphatic hydroxyl groups excluding tert-OH is 1. The van der Waals surface area contributed by atoms with Crippen LogP contribution < -0.4 is 10.8 Å². The van der Waals surface area contributed by atoms with Crippen LogP contribution in [0.5, 0.6) is 0 Å². The third-order valence-electron chi connectivity index (χ3n) is 3.60. The van der Waals surface area contributed by atoms with Crippen molar-refractivity contribution in [3.63, 3.8) is 0 Å². The average Bonchev–Trinajstić information content (AvgIpc) is 2.99. The van der Waals surface area contributed by atoms with Gasteiger partial charge in [-0.15, -0.1) is 0 Å². The summed E-state index contributed by atoms with van der Waals surface area (Å²) in [4.78, 5) is 23.7. The number of rotatable bonds is 5. The van der Waals surface area contributed by atoms with Crippen molar-refractivity contribution in [2.75, 3.05) is 12.4 Å². The quantitative estimate of drug-likeness (QED) is 0.393. The molecule has 0 spiro atoms. The lowest BCUT2D eigenvalue weighted by atomic mass is 9.75. The second kappa shape index (κ2) is 7.14. The van der Waals surface area contributed by atoms with Gasteiger partial charge in [0.1, 0.15) is 5.76 Å². The standard InChI is InChI=1S/C15H14BN3O6S/c1-8-6-11(18-25-8)17-15(22)13-14(21)12-9(16(23)24-7-20)4-3-5-10(12)26-19(13)2/h3-7,21,23H,1-2H3,(H,17,18,22). The van der Waals surface area contributed by atoms with Crippen LogP contribution in [-0.2, 0) is 14.2 Å². The van der Waals surface area contributed by atoms with Crippen molar-refractivity contribution in [1.82, 2.24) is 9.46 Å². The van der Waals surface area contributed by atoms with E-state index in [2.05, 4.69) is 15.1 Å². The van der Waals surface area contributed by atoms with Crippen LogP contribution in [-0.4, -0.2) is 46.1 Å². The summed E-state index contributed by atoms with van der Waals surface area (Å²) in [7, 11) is 0.0359. The molecule has 1 aliphatic rings. The highest BCUT2D eigenvalue weighted by Crippen LogP contribution is 2.38. The number of carbonyl (C=O) groups excluding carboxylic acids is 2. The van der Waals surface area contributed by atoms with Gasteiger partial charge in [0, 0.05) is 29.0 Å². The number of nitrogens with zero attached hydrogens (tertiary/aromatic N) is 2. The Balaban J connectivity index is 2.02. The van der Waals surface area contributed by atoms with Gasteiger partial charge in [0.25, 0.3) is 12.4 Å². The molecule has 0 saturated carbocycles. The topological polar surface area (TPSA) is 125 Å². The summed E-state index contributed by atoms with van der Waals surface area (Å²) in [6.45, 7) is 1.78. The van der Waals surface area contributed by atoms with E-state index in [0.29, 0.717) is 10.7 Å². The van der Waals surface area contributed by atoms with Crippen LogP contribution in [0.15, 0.2) is 39.4 Å². The molecule has 1 aromatic heterocycles. The van der Waals surface area contributed by atoms with E-state index in [-0.39, 0.29) is 34.8 Å². The Labute approximate surface area is 152 Å². The highest BCUT2D eigenvalue weighted by Gasteiger charge is 2.34. The zero-order valence-corrected chi connectivity index (χ0v) is 14.6. The fourth-order valence-electron chi connectivity index (χ4n) is 2.52. The number of likely N-dealkylation sites (N-methyl/N-ethyl adjacent to an activating group) is 1. The number of aromatic nitrogens is 1. The largest absolute Gasteiger partial charge is 0.562 e. The van der Waals surface area contributed by atoms with Crippen molar-refractivity contribution in [2.45, 2.75) is 11.8 Å². The van der Waals surface area contributed by atoms with Crippen LogP contribution in [0.25, 0.3) is 5.76 Å². The first kappa shape index (κ1) is 17.9. The molecule has 1 aliphatic heterocycles. The molecule has 2 aromatic rings. The maximum Gasteiger partial charge on any atom is 0.562 e. The lowest BCUT2D eigenvalue weighted by molar-refractivity contribution is -0.121. The summed E-state index contributed by atoms with van der Waals surface area (Å²) >= 11 is 1.17. The van der Waals surface area contributed by atoms with E-state index >= 15 is 0 Å². The molecule has 3 rings (SSSR count).